The number of nitro benzene ring substituents is 1. The third kappa shape index (κ3) is 2.83. The van der Waals surface area contributed by atoms with Crippen molar-refractivity contribution in [2.45, 2.75) is 46.0 Å². The minimum atomic E-state index is -0.403. The highest BCUT2D eigenvalue weighted by Crippen LogP contribution is 2.30. The summed E-state index contributed by atoms with van der Waals surface area (Å²) in [5.74, 6) is 0.126. The van der Waals surface area contributed by atoms with Gasteiger partial charge in [0.1, 0.15) is 0 Å². The molecule has 0 unspecified atom stereocenters. The normalized spacial score (nSPS) is 16.3. The second-order valence-corrected chi connectivity index (χ2v) is 5.39. The van der Waals surface area contributed by atoms with Crippen LogP contribution < -0.4 is 0 Å². The molecule has 4 nitrogen and oxygen atoms in total. The predicted molar refractivity (Wildman–Crippen MR) is 73.5 cm³/mol. The molecule has 0 saturated heterocycles. The Balaban J connectivity index is 2.34. The third-order valence-corrected chi connectivity index (χ3v) is 4.10. The Kier molecular flexibility index (Phi) is 3.98. The molecule has 0 radical (unpaired) electrons. The molecule has 0 bridgehead atoms. The van der Waals surface area contributed by atoms with Crippen LogP contribution in [0.25, 0.3) is 0 Å². The second kappa shape index (κ2) is 5.51. The smallest absolute Gasteiger partial charge is 0.273 e. The van der Waals surface area contributed by atoms with E-state index in [0.29, 0.717) is 11.1 Å². The van der Waals surface area contributed by atoms with Gasteiger partial charge >= 0.3 is 0 Å². The number of aryl methyl sites for hydroxylation is 1. The lowest BCUT2D eigenvalue weighted by Gasteiger charge is -2.20. The topological polar surface area (TPSA) is 60.2 Å². The maximum absolute atomic E-state index is 12.4. The van der Waals surface area contributed by atoms with Gasteiger partial charge in [-0.2, -0.15) is 0 Å². The van der Waals surface area contributed by atoms with Crippen LogP contribution in [0.4, 0.5) is 5.69 Å². The molecule has 0 amide bonds. The summed E-state index contributed by atoms with van der Waals surface area (Å²) in [5, 5.41) is 11.0. The SMILES string of the molecule is Cc1cc(C(=O)C2CCCCC2)cc([N+](=O)[O-])c1C. The maximum atomic E-state index is 12.4. The monoisotopic (exact) mass is 261 g/mol. The molecular weight excluding hydrogens is 242 g/mol. The Labute approximate surface area is 113 Å². The first-order valence-electron chi connectivity index (χ1n) is 6.80. The molecular formula is C15H19NO3. The average Bonchev–Trinajstić information content (AvgIpc) is 2.41. The van der Waals surface area contributed by atoms with E-state index in [-0.39, 0.29) is 17.4 Å². The van der Waals surface area contributed by atoms with Gasteiger partial charge in [-0.3, -0.25) is 14.9 Å². The van der Waals surface area contributed by atoms with Crippen LogP contribution in [0.1, 0.15) is 53.6 Å². The van der Waals surface area contributed by atoms with Gasteiger partial charge < -0.3 is 0 Å². The van der Waals surface area contributed by atoms with Gasteiger partial charge in [0.05, 0.1) is 4.92 Å². The van der Waals surface area contributed by atoms with Crippen LogP contribution in [-0.4, -0.2) is 10.7 Å². The minimum Gasteiger partial charge on any atom is -0.294 e. The number of carbonyl (C=O) groups is 1. The zero-order valence-electron chi connectivity index (χ0n) is 11.4. The maximum Gasteiger partial charge on any atom is 0.273 e. The lowest BCUT2D eigenvalue weighted by Crippen LogP contribution is -2.18. The first-order chi connectivity index (χ1) is 9.00. The van der Waals surface area contributed by atoms with Crippen molar-refractivity contribution in [3.8, 4) is 0 Å². The Hall–Kier alpha value is -1.71. The highest BCUT2D eigenvalue weighted by molar-refractivity contribution is 5.98. The van der Waals surface area contributed by atoms with Gasteiger partial charge in [0.2, 0.25) is 0 Å². The number of benzene rings is 1. The number of hydrogen-bond acceptors (Lipinski definition) is 3. The van der Waals surface area contributed by atoms with E-state index in [1.165, 1.54) is 12.5 Å². The van der Waals surface area contributed by atoms with Crippen molar-refractivity contribution in [3.63, 3.8) is 0 Å². The number of rotatable bonds is 3. The second-order valence-electron chi connectivity index (χ2n) is 5.39. The Morgan fingerprint density at radius 2 is 1.84 bits per heavy atom. The molecule has 19 heavy (non-hydrogen) atoms. The lowest BCUT2D eigenvalue weighted by atomic mass is 9.83. The summed E-state index contributed by atoms with van der Waals surface area (Å²) in [4.78, 5) is 23.0. The van der Waals surface area contributed by atoms with Gasteiger partial charge in [-0.25, -0.2) is 0 Å². The van der Waals surface area contributed by atoms with Gasteiger partial charge in [-0.15, -0.1) is 0 Å². The molecule has 0 spiro atoms. The Morgan fingerprint density at radius 3 is 2.42 bits per heavy atom. The van der Waals surface area contributed by atoms with Gasteiger partial charge in [0, 0.05) is 23.1 Å². The predicted octanol–water partition coefficient (Wildman–Crippen LogP) is 3.97. The summed E-state index contributed by atoms with van der Waals surface area (Å²) < 4.78 is 0. The third-order valence-electron chi connectivity index (χ3n) is 4.10. The molecule has 2 rings (SSSR count). The highest BCUT2D eigenvalue weighted by atomic mass is 16.6. The molecule has 0 heterocycles. The number of nitrogens with zero attached hydrogens (tertiary/aromatic N) is 1. The van der Waals surface area contributed by atoms with Crippen molar-refractivity contribution in [2.75, 3.05) is 0 Å². The van der Waals surface area contributed by atoms with Crippen molar-refractivity contribution in [1.82, 2.24) is 0 Å². The Morgan fingerprint density at radius 1 is 1.21 bits per heavy atom. The van der Waals surface area contributed by atoms with E-state index in [1.54, 1.807) is 13.0 Å². The van der Waals surface area contributed by atoms with Crippen LogP contribution in [0.2, 0.25) is 0 Å². The van der Waals surface area contributed by atoms with Crippen LogP contribution in [0, 0.1) is 29.9 Å². The summed E-state index contributed by atoms with van der Waals surface area (Å²) >= 11 is 0. The van der Waals surface area contributed by atoms with E-state index in [4.69, 9.17) is 0 Å². The fraction of sp³-hybridized carbons (Fsp3) is 0.533. The first kappa shape index (κ1) is 13.7. The summed E-state index contributed by atoms with van der Waals surface area (Å²) in [6, 6.07) is 3.23. The average molecular weight is 261 g/mol. The lowest BCUT2D eigenvalue weighted by molar-refractivity contribution is -0.385. The molecule has 102 valence electrons. The van der Waals surface area contributed by atoms with Crippen LogP contribution >= 0.6 is 0 Å². The number of Topliss-reactive ketones (excluding diaryl/α,β-unsaturated/α-hetero) is 1. The molecule has 0 atom stereocenters. The van der Waals surface area contributed by atoms with Gasteiger partial charge in [-0.1, -0.05) is 19.3 Å². The zero-order valence-corrected chi connectivity index (χ0v) is 11.4. The quantitative estimate of drug-likeness (QED) is 0.470. The Bertz CT molecular complexity index is 516. The van der Waals surface area contributed by atoms with Crippen molar-refractivity contribution in [2.24, 2.45) is 5.92 Å². The molecule has 4 heteroatoms. The highest BCUT2D eigenvalue weighted by Gasteiger charge is 2.25. The number of nitro groups is 1. The summed E-state index contributed by atoms with van der Waals surface area (Å²) in [6.45, 7) is 3.54. The van der Waals surface area contributed by atoms with Gasteiger partial charge in [-0.05, 0) is 38.3 Å². The largest absolute Gasteiger partial charge is 0.294 e. The molecule has 1 aliphatic rings. The van der Waals surface area contributed by atoms with Crippen LogP contribution in [0.15, 0.2) is 12.1 Å². The zero-order chi connectivity index (χ0) is 14.0. The molecule has 0 aliphatic heterocycles. The van der Waals surface area contributed by atoms with E-state index in [0.717, 1.165) is 31.2 Å². The summed E-state index contributed by atoms with van der Waals surface area (Å²) in [5.41, 5.74) is 2.01. The molecule has 1 fully saturated rings. The van der Waals surface area contributed by atoms with Crippen molar-refractivity contribution >= 4 is 11.5 Å². The van der Waals surface area contributed by atoms with Crippen LogP contribution in [0.5, 0.6) is 0 Å². The van der Waals surface area contributed by atoms with Crippen LogP contribution in [0.3, 0.4) is 0 Å². The minimum absolute atomic E-state index is 0.0514. The molecule has 1 aliphatic carbocycles. The molecule has 1 aromatic carbocycles. The van der Waals surface area contributed by atoms with E-state index >= 15 is 0 Å². The van der Waals surface area contributed by atoms with Crippen molar-refractivity contribution in [1.29, 1.82) is 0 Å². The number of carbonyl (C=O) groups excluding carboxylic acids is 1. The van der Waals surface area contributed by atoms with Crippen molar-refractivity contribution in [3.05, 3.63) is 38.9 Å². The first-order valence-corrected chi connectivity index (χ1v) is 6.80. The number of hydrogen-bond donors (Lipinski definition) is 0. The van der Waals surface area contributed by atoms with E-state index in [2.05, 4.69) is 0 Å². The fourth-order valence-electron chi connectivity index (χ4n) is 2.77. The van der Waals surface area contributed by atoms with Crippen LogP contribution in [-0.2, 0) is 0 Å². The molecule has 0 aromatic heterocycles. The molecule has 0 N–H and O–H groups in total. The summed E-state index contributed by atoms with van der Waals surface area (Å²) in [7, 11) is 0. The van der Waals surface area contributed by atoms with E-state index in [1.807, 2.05) is 6.92 Å². The van der Waals surface area contributed by atoms with E-state index < -0.39 is 4.92 Å². The standard InChI is InChI=1S/C15H19NO3/c1-10-8-13(9-14(11(10)2)16(18)19)15(17)12-6-4-3-5-7-12/h8-9,12H,3-7H2,1-2H3. The van der Waals surface area contributed by atoms with Gasteiger partial charge in [0.15, 0.2) is 5.78 Å². The number of ketones is 1. The van der Waals surface area contributed by atoms with Crippen molar-refractivity contribution < 1.29 is 9.72 Å². The molecule has 1 aromatic rings. The molecule has 1 saturated carbocycles. The fourth-order valence-corrected chi connectivity index (χ4v) is 2.77. The van der Waals surface area contributed by atoms with Gasteiger partial charge in [0.25, 0.3) is 5.69 Å². The summed E-state index contributed by atoms with van der Waals surface area (Å²) in [6.07, 6.45) is 5.20. The van der Waals surface area contributed by atoms with E-state index in [9.17, 15) is 14.9 Å².